The van der Waals surface area contributed by atoms with Crippen LogP contribution >= 0.6 is 0 Å². The highest BCUT2D eigenvalue weighted by atomic mass is 16.7. The lowest BCUT2D eigenvalue weighted by Gasteiger charge is -2.19. The molecule has 2 N–H and O–H groups in total. The van der Waals surface area contributed by atoms with Crippen molar-refractivity contribution < 1.29 is 48.0 Å². The lowest BCUT2D eigenvalue weighted by molar-refractivity contribution is -0.148. The quantitative estimate of drug-likeness (QED) is 0.150. The summed E-state index contributed by atoms with van der Waals surface area (Å²) in [7, 11) is 0. The zero-order valence-electron chi connectivity index (χ0n) is 23.8. The summed E-state index contributed by atoms with van der Waals surface area (Å²) >= 11 is 0. The molecule has 0 aliphatic rings. The Kier molecular flexibility index (Phi) is 15.6. The third-order valence-corrected chi connectivity index (χ3v) is 5.94. The monoisotopic (exact) mass is 553 g/mol. The number of carboxylic acid groups (broad SMARTS) is 1. The maximum atomic E-state index is 12.3. The molecule has 39 heavy (non-hydrogen) atoms. The molecule has 0 saturated carbocycles. The summed E-state index contributed by atoms with van der Waals surface area (Å²) in [6.45, 7) is 11.7. The Bertz CT molecular complexity index is 935. The maximum absolute atomic E-state index is 12.3. The summed E-state index contributed by atoms with van der Waals surface area (Å²) in [5, 5.41) is 12.6. The minimum Gasteiger partial charge on any atom is -0.480 e. The van der Waals surface area contributed by atoms with Gasteiger partial charge in [-0.3, -0.25) is 9.59 Å². The molecule has 0 aromatic heterocycles. The molecular formula is C28H43NO10. The van der Waals surface area contributed by atoms with Crippen LogP contribution in [0, 0.1) is 11.8 Å². The second kappa shape index (κ2) is 18.0. The highest BCUT2D eigenvalue weighted by molar-refractivity contribution is 5.74. The van der Waals surface area contributed by atoms with E-state index in [1.807, 2.05) is 34.6 Å². The number of nitrogens with one attached hydrogen (secondary N) is 1. The van der Waals surface area contributed by atoms with E-state index in [1.54, 1.807) is 13.0 Å². The molecule has 11 nitrogen and oxygen atoms in total. The second-order valence-electron chi connectivity index (χ2n) is 9.69. The number of hydrogen-bond acceptors (Lipinski definition) is 10. The predicted octanol–water partition coefficient (Wildman–Crippen LogP) is 5.13. The van der Waals surface area contributed by atoms with Crippen LogP contribution in [-0.4, -0.2) is 61.3 Å². The smallest absolute Gasteiger partial charge is 0.480 e. The fourth-order valence-electron chi connectivity index (χ4n) is 3.06. The number of hydrogen-bond donors (Lipinski definition) is 2. The summed E-state index contributed by atoms with van der Waals surface area (Å²) in [5.41, 5.74) is 0.482. The van der Waals surface area contributed by atoms with Gasteiger partial charge in [-0.2, -0.15) is 0 Å². The van der Waals surface area contributed by atoms with Crippen LogP contribution in [0.2, 0.25) is 0 Å². The number of esters is 1. The first kappa shape index (κ1) is 33.7. The molecule has 0 bridgehead atoms. The highest BCUT2D eigenvalue weighted by Crippen LogP contribution is 2.30. The Morgan fingerprint density at radius 3 is 1.95 bits per heavy atom. The van der Waals surface area contributed by atoms with Crippen LogP contribution in [0.1, 0.15) is 72.8 Å². The van der Waals surface area contributed by atoms with Crippen LogP contribution in [-0.2, 0) is 30.2 Å². The molecule has 0 radical (unpaired) electrons. The van der Waals surface area contributed by atoms with Crippen molar-refractivity contribution in [1.29, 1.82) is 0 Å². The standard InChI is InChI=1S/C28H43NO10/c1-7-10-25(30)37-20(6)15-29-22(26(31)32)13-21-11-12-23(38-27(33)35-16-18(4)8-2)24(14-21)39-28(34)36-17-19(5)9-3/h11-12,14,18-20,22,29H,7-10,13,15-17H2,1-6H3,(H,31,32)/t18?,19?,20?,22-/m0/s1. The molecule has 0 spiro atoms. The summed E-state index contributed by atoms with van der Waals surface area (Å²) in [6.07, 6.45) is 0.0926. The third kappa shape index (κ3) is 13.9. The molecule has 0 amide bonds. The molecule has 0 aliphatic heterocycles. The summed E-state index contributed by atoms with van der Waals surface area (Å²) in [5.74, 6) is -1.39. The van der Waals surface area contributed by atoms with E-state index in [0.717, 1.165) is 12.8 Å². The minimum absolute atomic E-state index is 0.00196. The molecular weight excluding hydrogens is 510 g/mol. The molecule has 1 rings (SSSR count). The number of carbonyl (C=O) groups is 4. The normalized spacial score (nSPS) is 13.9. The van der Waals surface area contributed by atoms with E-state index in [-0.39, 0.29) is 61.9 Å². The summed E-state index contributed by atoms with van der Waals surface area (Å²) in [6, 6.07) is 3.32. The molecule has 4 atom stereocenters. The molecule has 11 heteroatoms. The average molecular weight is 554 g/mol. The van der Waals surface area contributed by atoms with E-state index in [4.69, 9.17) is 23.7 Å². The first-order valence-corrected chi connectivity index (χ1v) is 13.5. The van der Waals surface area contributed by atoms with Crippen LogP contribution in [0.5, 0.6) is 11.5 Å². The molecule has 0 aliphatic carbocycles. The maximum Gasteiger partial charge on any atom is 0.513 e. The minimum atomic E-state index is -1.12. The Hall–Kier alpha value is -3.34. The van der Waals surface area contributed by atoms with Crippen LogP contribution < -0.4 is 14.8 Å². The van der Waals surface area contributed by atoms with Crippen molar-refractivity contribution in [3.63, 3.8) is 0 Å². The zero-order valence-corrected chi connectivity index (χ0v) is 23.8. The van der Waals surface area contributed by atoms with E-state index < -0.39 is 30.4 Å². The lowest BCUT2D eigenvalue weighted by atomic mass is 10.0. The molecule has 1 aromatic rings. The van der Waals surface area contributed by atoms with Gasteiger partial charge >= 0.3 is 24.2 Å². The Morgan fingerprint density at radius 2 is 1.44 bits per heavy atom. The molecule has 0 heterocycles. The number of aliphatic carboxylic acids is 1. The van der Waals surface area contributed by atoms with Gasteiger partial charge in [-0.05, 0) is 49.3 Å². The van der Waals surface area contributed by atoms with Crippen molar-refractivity contribution in [3.8, 4) is 11.5 Å². The molecule has 0 fully saturated rings. The summed E-state index contributed by atoms with van der Waals surface area (Å²) in [4.78, 5) is 48.1. The van der Waals surface area contributed by atoms with Gasteiger partial charge in [0.05, 0.1) is 13.2 Å². The molecule has 220 valence electrons. The van der Waals surface area contributed by atoms with Gasteiger partial charge < -0.3 is 34.1 Å². The fraction of sp³-hybridized carbons (Fsp3) is 0.643. The number of benzene rings is 1. The van der Waals surface area contributed by atoms with Crippen LogP contribution in [0.15, 0.2) is 18.2 Å². The van der Waals surface area contributed by atoms with Gasteiger partial charge in [0.25, 0.3) is 0 Å². The summed E-state index contributed by atoms with van der Waals surface area (Å²) < 4.78 is 26.1. The van der Waals surface area contributed by atoms with E-state index >= 15 is 0 Å². The van der Waals surface area contributed by atoms with Gasteiger partial charge in [-0.1, -0.05) is 53.5 Å². The SMILES string of the molecule is CCCC(=O)OC(C)CN[C@@H](Cc1ccc(OC(=O)OCC(C)CC)c(OC(=O)OCC(C)CC)c1)C(=O)O. The van der Waals surface area contributed by atoms with Crippen LogP contribution in [0.4, 0.5) is 9.59 Å². The first-order valence-electron chi connectivity index (χ1n) is 13.5. The lowest BCUT2D eigenvalue weighted by Crippen LogP contribution is -2.42. The van der Waals surface area contributed by atoms with Crippen molar-refractivity contribution in [1.82, 2.24) is 5.32 Å². The Balaban J connectivity index is 3.01. The largest absolute Gasteiger partial charge is 0.513 e. The van der Waals surface area contributed by atoms with Gasteiger partial charge in [-0.25, -0.2) is 9.59 Å². The van der Waals surface area contributed by atoms with Crippen molar-refractivity contribution in [3.05, 3.63) is 23.8 Å². The highest BCUT2D eigenvalue weighted by Gasteiger charge is 2.22. The van der Waals surface area contributed by atoms with E-state index in [0.29, 0.717) is 12.0 Å². The van der Waals surface area contributed by atoms with Gasteiger partial charge in [0, 0.05) is 13.0 Å². The van der Waals surface area contributed by atoms with Crippen LogP contribution in [0.3, 0.4) is 0 Å². The van der Waals surface area contributed by atoms with E-state index in [9.17, 15) is 24.3 Å². The first-order chi connectivity index (χ1) is 18.5. The van der Waals surface area contributed by atoms with Crippen molar-refractivity contribution in [2.75, 3.05) is 19.8 Å². The fourth-order valence-corrected chi connectivity index (χ4v) is 3.06. The number of carboxylic acids is 1. The van der Waals surface area contributed by atoms with E-state index in [2.05, 4.69) is 5.32 Å². The number of rotatable bonds is 17. The van der Waals surface area contributed by atoms with Crippen LogP contribution in [0.25, 0.3) is 0 Å². The second-order valence-corrected chi connectivity index (χ2v) is 9.69. The Morgan fingerprint density at radius 1 is 0.872 bits per heavy atom. The molecule has 1 aromatic carbocycles. The predicted molar refractivity (Wildman–Crippen MR) is 143 cm³/mol. The average Bonchev–Trinajstić information content (AvgIpc) is 2.89. The molecule has 3 unspecified atom stereocenters. The topological polar surface area (TPSA) is 147 Å². The van der Waals surface area contributed by atoms with Crippen molar-refractivity contribution >= 4 is 24.2 Å². The van der Waals surface area contributed by atoms with Gasteiger partial charge in [-0.15, -0.1) is 0 Å². The van der Waals surface area contributed by atoms with Gasteiger partial charge in [0.15, 0.2) is 11.5 Å². The molecule has 0 saturated heterocycles. The van der Waals surface area contributed by atoms with Crippen molar-refractivity contribution in [2.24, 2.45) is 11.8 Å². The van der Waals surface area contributed by atoms with Gasteiger partial charge in [0.2, 0.25) is 0 Å². The van der Waals surface area contributed by atoms with Gasteiger partial charge in [0.1, 0.15) is 12.1 Å². The van der Waals surface area contributed by atoms with E-state index in [1.165, 1.54) is 12.1 Å². The third-order valence-electron chi connectivity index (χ3n) is 5.94. The Labute approximate surface area is 230 Å². The number of carbonyl (C=O) groups excluding carboxylic acids is 3. The number of ether oxygens (including phenoxy) is 5. The van der Waals surface area contributed by atoms with Crippen molar-refractivity contribution in [2.45, 2.75) is 85.8 Å². The zero-order chi connectivity index (χ0) is 29.4.